The normalized spacial score (nSPS) is 10.9. The predicted octanol–water partition coefficient (Wildman–Crippen LogP) is 6.78. The van der Waals surface area contributed by atoms with E-state index < -0.39 is 0 Å². The third kappa shape index (κ3) is 4.44. The van der Waals surface area contributed by atoms with Gasteiger partial charge in [0.15, 0.2) is 11.5 Å². The van der Waals surface area contributed by atoms with Gasteiger partial charge in [0, 0.05) is 20.9 Å². The molecule has 3 aromatic carbocycles. The van der Waals surface area contributed by atoms with Crippen molar-refractivity contribution in [2.45, 2.75) is 6.54 Å². The molecule has 0 aliphatic carbocycles. The maximum atomic E-state index is 6.17. The molecule has 0 atom stereocenters. The molecule has 32 heavy (non-hydrogen) atoms. The summed E-state index contributed by atoms with van der Waals surface area (Å²) in [5, 5.41) is 13.1. The van der Waals surface area contributed by atoms with Crippen LogP contribution in [0.4, 0.5) is 23.0 Å². The number of fused-ring (bicyclic) bond motifs is 1. The van der Waals surface area contributed by atoms with E-state index in [1.807, 2.05) is 71.4 Å². The van der Waals surface area contributed by atoms with Crippen molar-refractivity contribution in [1.29, 1.82) is 0 Å². The molecule has 8 heteroatoms. The third-order valence-corrected chi connectivity index (χ3v) is 5.61. The molecule has 0 fully saturated rings. The van der Waals surface area contributed by atoms with Crippen LogP contribution in [0.1, 0.15) is 5.56 Å². The smallest absolute Gasteiger partial charge is 0.165 e. The average Bonchev–Trinajstić information content (AvgIpc) is 3.12. The van der Waals surface area contributed by atoms with E-state index in [2.05, 4.69) is 48.7 Å². The zero-order chi connectivity index (χ0) is 21.9. The fourth-order valence-electron chi connectivity index (χ4n) is 3.46. The Hall–Kier alpha value is -3.42. The van der Waals surface area contributed by atoms with Crippen LogP contribution in [0.2, 0.25) is 5.02 Å². The van der Waals surface area contributed by atoms with Gasteiger partial charge in [-0.05, 0) is 42.0 Å². The second-order valence-electron chi connectivity index (χ2n) is 7.18. The molecule has 2 heterocycles. The topological polar surface area (TPSA) is 67.7 Å². The molecule has 0 amide bonds. The molecule has 0 bridgehead atoms. The predicted molar refractivity (Wildman–Crippen MR) is 133 cm³/mol. The molecule has 5 aromatic rings. The first-order chi connectivity index (χ1) is 15.7. The number of aromatic nitrogens is 4. The molecule has 158 valence electrons. The fourth-order valence-corrected chi connectivity index (χ4v) is 4.05. The highest BCUT2D eigenvalue weighted by Gasteiger charge is 2.18. The molecule has 5 rings (SSSR count). The van der Waals surface area contributed by atoms with Crippen LogP contribution in [-0.2, 0) is 6.54 Å². The van der Waals surface area contributed by atoms with Crippen LogP contribution in [-0.4, -0.2) is 19.7 Å². The molecule has 0 spiro atoms. The van der Waals surface area contributed by atoms with Crippen molar-refractivity contribution in [1.82, 2.24) is 19.7 Å². The van der Waals surface area contributed by atoms with Crippen molar-refractivity contribution in [2.24, 2.45) is 0 Å². The van der Waals surface area contributed by atoms with Crippen LogP contribution in [0, 0.1) is 0 Å². The van der Waals surface area contributed by atoms with E-state index in [0.29, 0.717) is 23.2 Å². The lowest BCUT2D eigenvalue weighted by Crippen LogP contribution is -2.03. The summed E-state index contributed by atoms with van der Waals surface area (Å²) in [6.45, 7) is 0.588. The molecule has 0 saturated carbocycles. The SMILES string of the molecule is Clc1cccc(Nc2ncnc3c2c(Nc2cccc(Br)c2)nn3Cc2ccccc2)c1. The Morgan fingerprint density at radius 2 is 1.56 bits per heavy atom. The summed E-state index contributed by atoms with van der Waals surface area (Å²) < 4.78 is 2.86. The van der Waals surface area contributed by atoms with E-state index in [-0.39, 0.29) is 0 Å². The van der Waals surface area contributed by atoms with Crippen molar-refractivity contribution < 1.29 is 0 Å². The van der Waals surface area contributed by atoms with Crippen molar-refractivity contribution >= 4 is 61.6 Å². The molecular weight excluding hydrogens is 488 g/mol. The Bertz CT molecular complexity index is 1390. The molecule has 0 saturated heterocycles. The van der Waals surface area contributed by atoms with Gasteiger partial charge in [-0.25, -0.2) is 14.6 Å². The number of benzene rings is 3. The maximum absolute atomic E-state index is 6.17. The summed E-state index contributed by atoms with van der Waals surface area (Å²) in [5.41, 5.74) is 3.60. The number of anilines is 4. The maximum Gasteiger partial charge on any atom is 0.165 e. The van der Waals surface area contributed by atoms with Crippen LogP contribution < -0.4 is 10.6 Å². The van der Waals surface area contributed by atoms with Crippen LogP contribution in [0.15, 0.2) is 89.7 Å². The van der Waals surface area contributed by atoms with E-state index in [1.165, 1.54) is 0 Å². The van der Waals surface area contributed by atoms with Gasteiger partial charge in [-0.2, -0.15) is 5.10 Å². The van der Waals surface area contributed by atoms with Gasteiger partial charge >= 0.3 is 0 Å². The highest BCUT2D eigenvalue weighted by atomic mass is 79.9. The quantitative estimate of drug-likeness (QED) is 0.266. The Morgan fingerprint density at radius 1 is 0.812 bits per heavy atom. The minimum atomic E-state index is 0.588. The van der Waals surface area contributed by atoms with Crippen LogP contribution in [0.5, 0.6) is 0 Å². The summed E-state index contributed by atoms with van der Waals surface area (Å²) in [7, 11) is 0. The van der Waals surface area contributed by atoms with Gasteiger partial charge in [0.25, 0.3) is 0 Å². The standard InChI is InChI=1S/C24H18BrClN6/c25-17-8-4-10-19(12-17)30-23-21-22(29-20-11-5-9-18(26)13-20)27-15-28-24(21)32(31-23)14-16-6-2-1-3-7-16/h1-13,15H,14H2,(H,30,31)(H,27,28,29). The molecule has 2 aromatic heterocycles. The van der Waals surface area contributed by atoms with Gasteiger partial charge < -0.3 is 10.6 Å². The first-order valence-corrected chi connectivity index (χ1v) is 11.1. The number of halogens is 2. The number of nitrogens with one attached hydrogen (secondary N) is 2. The van der Waals surface area contributed by atoms with E-state index in [9.17, 15) is 0 Å². The first kappa shape index (κ1) is 20.5. The van der Waals surface area contributed by atoms with Crippen molar-refractivity contribution in [3.8, 4) is 0 Å². The van der Waals surface area contributed by atoms with Gasteiger partial charge in [0.1, 0.15) is 17.5 Å². The molecule has 0 aliphatic rings. The summed E-state index contributed by atoms with van der Waals surface area (Å²) >= 11 is 9.70. The lowest BCUT2D eigenvalue weighted by molar-refractivity contribution is 0.707. The summed E-state index contributed by atoms with van der Waals surface area (Å²) in [5.74, 6) is 1.31. The number of rotatable bonds is 6. The minimum Gasteiger partial charge on any atom is -0.339 e. The third-order valence-electron chi connectivity index (χ3n) is 4.88. The van der Waals surface area contributed by atoms with E-state index in [0.717, 1.165) is 32.4 Å². The number of nitrogens with zero attached hydrogens (tertiary/aromatic N) is 4. The van der Waals surface area contributed by atoms with Gasteiger partial charge in [-0.3, -0.25) is 0 Å². The minimum absolute atomic E-state index is 0.588. The number of hydrogen-bond acceptors (Lipinski definition) is 5. The summed E-state index contributed by atoms with van der Waals surface area (Å²) in [6.07, 6.45) is 1.54. The van der Waals surface area contributed by atoms with Crippen LogP contribution in [0.3, 0.4) is 0 Å². The van der Waals surface area contributed by atoms with Crippen LogP contribution >= 0.6 is 27.5 Å². The fraction of sp³-hybridized carbons (Fsp3) is 0.0417. The summed E-state index contributed by atoms with van der Waals surface area (Å²) in [6, 6.07) is 25.6. The first-order valence-electron chi connectivity index (χ1n) is 9.96. The van der Waals surface area contributed by atoms with Gasteiger partial charge in [0.2, 0.25) is 0 Å². The van der Waals surface area contributed by atoms with Gasteiger partial charge in [-0.1, -0.05) is 70.0 Å². The lowest BCUT2D eigenvalue weighted by Gasteiger charge is -2.09. The Morgan fingerprint density at radius 3 is 2.34 bits per heavy atom. The molecule has 0 unspecified atom stereocenters. The lowest BCUT2D eigenvalue weighted by atomic mass is 10.2. The van der Waals surface area contributed by atoms with E-state index in [1.54, 1.807) is 6.33 Å². The Balaban J connectivity index is 1.62. The van der Waals surface area contributed by atoms with Crippen molar-refractivity contribution in [3.63, 3.8) is 0 Å². The zero-order valence-corrected chi connectivity index (χ0v) is 19.2. The van der Waals surface area contributed by atoms with Crippen molar-refractivity contribution in [3.05, 3.63) is 100 Å². The average molecular weight is 506 g/mol. The highest BCUT2D eigenvalue weighted by Crippen LogP contribution is 2.32. The Kier molecular flexibility index (Phi) is 5.75. The Labute approximate surface area is 198 Å². The second-order valence-corrected chi connectivity index (χ2v) is 8.54. The van der Waals surface area contributed by atoms with E-state index >= 15 is 0 Å². The molecule has 2 N–H and O–H groups in total. The van der Waals surface area contributed by atoms with Crippen LogP contribution in [0.25, 0.3) is 11.0 Å². The molecule has 0 radical (unpaired) electrons. The monoisotopic (exact) mass is 504 g/mol. The molecular formula is C24H18BrClN6. The highest BCUT2D eigenvalue weighted by molar-refractivity contribution is 9.10. The number of hydrogen-bond donors (Lipinski definition) is 2. The van der Waals surface area contributed by atoms with Gasteiger partial charge in [-0.15, -0.1) is 0 Å². The van der Waals surface area contributed by atoms with E-state index in [4.69, 9.17) is 16.7 Å². The zero-order valence-electron chi connectivity index (χ0n) is 16.8. The van der Waals surface area contributed by atoms with Gasteiger partial charge in [0.05, 0.1) is 6.54 Å². The van der Waals surface area contributed by atoms with Crippen molar-refractivity contribution in [2.75, 3.05) is 10.6 Å². The molecule has 6 nitrogen and oxygen atoms in total. The molecule has 0 aliphatic heterocycles. The second kappa shape index (κ2) is 8.98. The summed E-state index contributed by atoms with van der Waals surface area (Å²) in [4.78, 5) is 9.06. The largest absolute Gasteiger partial charge is 0.339 e.